The van der Waals surface area contributed by atoms with E-state index in [1.165, 1.54) is 6.07 Å². The minimum absolute atomic E-state index is 0.216. The first kappa shape index (κ1) is 20.8. The minimum atomic E-state index is -0.378. The van der Waals surface area contributed by atoms with Crippen LogP contribution >= 0.6 is 0 Å². The van der Waals surface area contributed by atoms with Crippen molar-refractivity contribution in [3.8, 4) is 0 Å². The van der Waals surface area contributed by atoms with E-state index in [2.05, 4.69) is 15.6 Å². The van der Waals surface area contributed by atoms with E-state index in [1.807, 2.05) is 25.3 Å². The molecule has 154 valence electrons. The van der Waals surface area contributed by atoms with Crippen molar-refractivity contribution in [1.29, 1.82) is 0 Å². The molecule has 0 saturated carbocycles. The van der Waals surface area contributed by atoms with Crippen molar-refractivity contribution in [2.24, 2.45) is 5.73 Å². The summed E-state index contributed by atoms with van der Waals surface area (Å²) in [5.41, 5.74) is 9.34. The second-order valence-corrected chi connectivity index (χ2v) is 6.80. The number of amides is 1. The Morgan fingerprint density at radius 3 is 2.83 bits per heavy atom. The molecule has 2 aromatic heterocycles. The molecular formula is C21H26FN5O2. The fraction of sp³-hybridized carbons (Fsp3) is 0.333. The Morgan fingerprint density at radius 2 is 2.07 bits per heavy atom. The summed E-state index contributed by atoms with van der Waals surface area (Å²) in [4.78, 5) is 17.1. The molecule has 29 heavy (non-hydrogen) atoms. The number of aromatic nitrogens is 2. The average Bonchev–Trinajstić information content (AvgIpc) is 3.02. The summed E-state index contributed by atoms with van der Waals surface area (Å²) in [7, 11) is 0. The van der Waals surface area contributed by atoms with Gasteiger partial charge >= 0.3 is 0 Å². The number of benzene rings is 1. The molecule has 0 aliphatic carbocycles. The molecule has 0 unspecified atom stereocenters. The number of ether oxygens (including phenoxy) is 1. The van der Waals surface area contributed by atoms with Crippen LogP contribution in [0.15, 0.2) is 36.5 Å². The molecule has 0 bridgehead atoms. The minimum Gasteiger partial charge on any atom is -0.380 e. The fourth-order valence-electron chi connectivity index (χ4n) is 3.06. The zero-order valence-corrected chi connectivity index (χ0v) is 16.7. The van der Waals surface area contributed by atoms with Crippen molar-refractivity contribution in [2.45, 2.75) is 20.4 Å². The Balaban J connectivity index is 1.61. The van der Waals surface area contributed by atoms with Gasteiger partial charge in [0, 0.05) is 25.8 Å². The Hall–Kier alpha value is -2.97. The monoisotopic (exact) mass is 399 g/mol. The molecule has 1 aromatic carbocycles. The quantitative estimate of drug-likeness (QED) is 0.481. The summed E-state index contributed by atoms with van der Waals surface area (Å²) >= 11 is 0. The van der Waals surface area contributed by atoms with E-state index < -0.39 is 0 Å². The fourth-order valence-corrected chi connectivity index (χ4v) is 3.06. The summed E-state index contributed by atoms with van der Waals surface area (Å²) < 4.78 is 21.3. The van der Waals surface area contributed by atoms with Crippen molar-refractivity contribution in [2.75, 3.05) is 31.6 Å². The normalized spacial score (nSPS) is 11.0. The van der Waals surface area contributed by atoms with Gasteiger partial charge in [-0.05, 0) is 49.2 Å². The van der Waals surface area contributed by atoms with E-state index in [4.69, 9.17) is 10.5 Å². The van der Waals surface area contributed by atoms with Crippen LogP contribution in [0.1, 0.15) is 27.3 Å². The average molecular weight is 399 g/mol. The Kier molecular flexibility index (Phi) is 6.79. The van der Waals surface area contributed by atoms with E-state index in [0.29, 0.717) is 48.9 Å². The van der Waals surface area contributed by atoms with Gasteiger partial charge in [-0.2, -0.15) is 0 Å². The van der Waals surface area contributed by atoms with Crippen molar-refractivity contribution >= 4 is 17.2 Å². The van der Waals surface area contributed by atoms with Gasteiger partial charge in [0.15, 0.2) is 0 Å². The molecule has 3 rings (SSSR count). The number of anilines is 1. The molecule has 3 aromatic rings. The molecule has 0 fully saturated rings. The van der Waals surface area contributed by atoms with E-state index in [9.17, 15) is 9.18 Å². The lowest BCUT2D eigenvalue weighted by atomic mass is 10.2. The number of nitrogens with one attached hydrogen (secondary N) is 2. The number of carbonyl (C=O) groups is 1. The number of fused-ring (bicyclic) bond motifs is 1. The number of nitrogens with two attached hydrogens (primary N) is 1. The van der Waals surface area contributed by atoms with Gasteiger partial charge in [-0.1, -0.05) is 6.07 Å². The van der Waals surface area contributed by atoms with Crippen LogP contribution in [0.2, 0.25) is 0 Å². The summed E-state index contributed by atoms with van der Waals surface area (Å²) in [6.07, 6.45) is 1.83. The smallest absolute Gasteiger partial charge is 0.270 e. The highest BCUT2D eigenvalue weighted by Crippen LogP contribution is 2.17. The molecule has 0 saturated heterocycles. The maximum absolute atomic E-state index is 14.3. The number of aryl methyl sites for hydroxylation is 2. The van der Waals surface area contributed by atoms with Crippen molar-refractivity contribution < 1.29 is 13.9 Å². The van der Waals surface area contributed by atoms with Crippen LogP contribution in [0.5, 0.6) is 0 Å². The highest BCUT2D eigenvalue weighted by Gasteiger charge is 2.16. The number of rotatable bonds is 9. The molecule has 4 N–H and O–H groups in total. The first-order valence-corrected chi connectivity index (χ1v) is 9.53. The predicted molar refractivity (Wildman–Crippen MR) is 111 cm³/mol. The maximum atomic E-state index is 14.3. The van der Waals surface area contributed by atoms with Crippen LogP contribution < -0.4 is 16.4 Å². The number of hydrogen-bond acceptors (Lipinski definition) is 5. The lowest BCUT2D eigenvalue weighted by molar-refractivity contribution is 0.0944. The number of imidazole rings is 1. The van der Waals surface area contributed by atoms with Crippen LogP contribution in [0, 0.1) is 19.7 Å². The largest absolute Gasteiger partial charge is 0.380 e. The third-order valence-corrected chi connectivity index (χ3v) is 4.48. The van der Waals surface area contributed by atoms with Gasteiger partial charge in [0.05, 0.1) is 24.6 Å². The number of hydrogen-bond donors (Lipinski definition) is 3. The van der Waals surface area contributed by atoms with Crippen LogP contribution in [0.4, 0.5) is 10.1 Å². The lowest BCUT2D eigenvalue weighted by Crippen LogP contribution is -2.25. The van der Waals surface area contributed by atoms with E-state index >= 15 is 0 Å². The summed E-state index contributed by atoms with van der Waals surface area (Å²) in [6.45, 7) is 5.87. The number of nitrogens with zero attached hydrogens (tertiary/aromatic N) is 2. The summed E-state index contributed by atoms with van der Waals surface area (Å²) in [5.74, 6) is -0.629. The second kappa shape index (κ2) is 9.49. The highest BCUT2D eigenvalue weighted by molar-refractivity contribution is 5.94. The van der Waals surface area contributed by atoms with Crippen LogP contribution in [-0.2, 0) is 11.3 Å². The summed E-state index contributed by atoms with van der Waals surface area (Å²) in [5, 5.41) is 5.82. The molecule has 0 radical (unpaired) electrons. The molecule has 0 aliphatic heterocycles. The van der Waals surface area contributed by atoms with Gasteiger partial charge < -0.3 is 21.1 Å². The first-order valence-electron chi connectivity index (χ1n) is 9.53. The molecule has 7 nitrogen and oxygen atoms in total. The second-order valence-electron chi connectivity index (χ2n) is 6.80. The van der Waals surface area contributed by atoms with Crippen molar-refractivity contribution in [3.63, 3.8) is 0 Å². The molecular weight excluding hydrogens is 373 g/mol. The predicted octanol–water partition coefficient (Wildman–Crippen LogP) is 2.41. The number of halogens is 1. The third kappa shape index (κ3) is 5.10. The van der Waals surface area contributed by atoms with E-state index in [-0.39, 0.29) is 18.3 Å². The molecule has 8 heteroatoms. The highest BCUT2D eigenvalue weighted by atomic mass is 19.1. The maximum Gasteiger partial charge on any atom is 0.270 e. The van der Waals surface area contributed by atoms with Gasteiger partial charge in [-0.3, -0.25) is 9.20 Å². The standard InChI is InChI=1S/C21H26FN5O2/c1-14-5-8-27-19(11-14)26-15(2)20(27)21(28)25-13-16-3-4-18(17(22)12-16)24-7-10-29-9-6-23/h3-5,8,11-12,24H,6-7,9-10,13,23H2,1-2H3,(H,25,28). The SMILES string of the molecule is Cc1ccn2c(C(=O)NCc3ccc(NCCOCCN)c(F)c3)c(C)nc2c1. The van der Waals surface area contributed by atoms with E-state index in [0.717, 1.165) is 11.2 Å². The molecule has 0 atom stereocenters. The van der Waals surface area contributed by atoms with Crippen LogP contribution in [0.3, 0.4) is 0 Å². The molecule has 2 heterocycles. The zero-order chi connectivity index (χ0) is 20.8. The van der Waals surface area contributed by atoms with Gasteiger partial charge in [-0.15, -0.1) is 0 Å². The van der Waals surface area contributed by atoms with Gasteiger partial charge in [0.25, 0.3) is 5.91 Å². The third-order valence-electron chi connectivity index (χ3n) is 4.48. The van der Waals surface area contributed by atoms with Crippen LogP contribution in [0.25, 0.3) is 5.65 Å². The Bertz CT molecular complexity index is 1000. The molecule has 0 spiro atoms. The van der Waals surface area contributed by atoms with Crippen molar-refractivity contribution in [3.05, 3.63) is 64.9 Å². The summed E-state index contributed by atoms with van der Waals surface area (Å²) in [6, 6.07) is 8.69. The van der Waals surface area contributed by atoms with Crippen molar-refractivity contribution in [1.82, 2.24) is 14.7 Å². The molecule has 0 aliphatic rings. The number of pyridine rings is 1. The molecule has 1 amide bonds. The van der Waals surface area contributed by atoms with Gasteiger partial charge in [-0.25, -0.2) is 9.37 Å². The Labute approximate surface area is 169 Å². The topological polar surface area (TPSA) is 93.7 Å². The zero-order valence-electron chi connectivity index (χ0n) is 16.7. The van der Waals surface area contributed by atoms with E-state index in [1.54, 1.807) is 23.5 Å². The number of carbonyl (C=O) groups excluding carboxylic acids is 1. The lowest BCUT2D eigenvalue weighted by Gasteiger charge is -2.10. The Morgan fingerprint density at radius 1 is 1.24 bits per heavy atom. The van der Waals surface area contributed by atoms with Gasteiger partial charge in [0.1, 0.15) is 17.2 Å². The van der Waals surface area contributed by atoms with Gasteiger partial charge in [0.2, 0.25) is 0 Å². The van der Waals surface area contributed by atoms with Crippen LogP contribution in [-0.4, -0.2) is 41.6 Å². The first-order chi connectivity index (χ1) is 14.0.